The lowest BCUT2D eigenvalue weighted by Gasteiger charge is -2.30. The summed E-state index contributed by atoms with van der Waals surface area (Å²) in [7, 11) is 0. The van der Waals surface area contributed by atoms with Gasteiger partial charge in [0.2, 0.25) is 0 Å². The molecule has 0 unspecified atom stereocenters. The van der Waals surface area contributed by atoms with E-state index in [9.17, 15) is 4.79 Å². The zero-order valence-corrected chi connectivity index (χ0v) is 16.6. The molecule has 2 heterocycles. The van der Waals surface area contributed by atoms with Gasteiger partial charge in [-0.3, -0.25) is 9.48 Å². The van der Waals surface area contributed by atoms with Gasteiger partial charge in [0.15, 0.2) is 0 Å². The number of rotatable bonds is 3. The number of halogens is 1. The van der Waals surface area contributed by atoms with Gasteiger partial charge in [-0.15, -0.1) is 0 Å². The second-order valence-electron chi connectivity index (χ2n) is 7.47. The van der Waals surface area contributed by atoms with Crippen molar-refractivity contribution in [1.29, 1.82) is 0 Å². The predicted molar refractivity (Wildman–Crippen MR) is 105 cm³/mol. The molecule has 6 heteroatoms. The summed E-state index contributed by atoms with van der Waals surface area (Å²) < 4.78 is 2.37. The standard InChI is InChI=1S/C19H25BrN4O/c1-19(2,3)24-13-14(17(20)22-24)18(25)21-15-9-5-6-10-16(15)23-11-7-4-8-12-23/h5-6,9-10,13H,4,7-8,11-12H2,1-3H3,(H,21,25). The molecule has 1 N–H and O–H groups in total. The number of aromatic nitrogens is 2. The van der Waals surface area contributed by atoms with Gasteiger partial charge in [0.05, 0.1) is 22.5 Å². The van der Waals surface area contributed by atoms with E-state index in [-0.39, 0.29) is 11.4 Å². The molecule has 1 aliphatic rings. The molecule has 1 aromatic heterocycles. The maximum Gasteiger partial charge on any atom is 0.260 e. The van der Waals surface area contributed by atoms with E-state index in [1.54, 1.807) is 6.20 Å². The van der Waals surface area contributed by atoms with Crippen LogP contribution in [0.3, 0.4) is 0 Å². The minimum absolute atomic E-state index is 0.146. The molecule has 134 valence electrons. The summed E-state index contributed by atoms with van der Waals surface area (Å²) in [5.41, 5.74) is 2.32. The van der Waals surface area contributed by atoms with E-state index in [4.69, 9.17) is 0 Å². The van der Waals surface area contributed by atoms with Gasteiger partial charge in [-0.25, -0.2) is 0 Å². The van der Waals surface area contributed by atoms with Crippen LogP contribution in [0.5, 0.6) is 0 Å². The average molecular weight is 405 g/mol. The fourth-order valence-corrected chi connectivity index (χ4v) is 3.48. The van der Waals surface area contributed by atoms with E-state index in [0.717, 1.165) is 24.5 Å². The van der Waals surface area contributed by atoms with Crippen molar-refractivity contribution in [1.82, 2.24) is 9.78 Å². The van der Waals surface area contributed by atoms with Crippen molar-refractivity contribution < 1.29 is 4.79 Å². The summed E-state index contributed by atoms with van der Waals surface area (Å²) in [5, 5.41) is 7.48. The lowest BCUT2D eigenvalue weighted by molar-refractivity contribution is 0.102. The third-order valence-electron chi connectivity index (χ3n) is 4.45. The molecule has 0 spiro atoms. The molecule has 1 aliphatic heterocycles. The van der Waals surface area contributed by atoms with E-state index in [1.165, 1.54) is 19.3 Å². The first-order valence-electron chi connectivity index (χ1n) is 8.77. The highest BCUT2D eigenvalue weighted by Crippen LogP contribution is 2.29. The second-order valence-corrected chi connectivity index (χ2v) is 8.22. The van der Waals surface area contributed by atoms with Gasteiger partial charge in [0, 0.05) is 19.3 Å². The van der Waals surface area contributed by atoms with Gasteiger partial charge in [0.25, 0.3) is 5.91 Å². The van der Waals surface area contributed by atoms with E-state index in [0.29, 0.717) is 10.2 Å². The number of piperidine rings is 1. The monoisotopic (exact) mass is 404 g/mol. The van der Waals surface area contributed by atoms with Crippen molar-refractivity contribution in [2.24, 2.45) is 0 Å². The molecule has 2 aromatic rings. The molecule has 5 nitrogen and oxygen atoms in total. The van der Waals surface area contributed by atoms with Gasteiger partial charge in [0.1, 0.15) is 4.60 Å². The zero-order chi connectivity index (χ0) is 18.0. The first-order chi connectivity index (χ1) is 11.9. The summed E-state index contributed by atoms with van der Waals surface area (Å²) in [6, 6.07) is 8.02. The highest BCUT2D eigenvalue weighted by Gasteiger charge is 2.22. The van der Waals surface area contributed by atoms with Crippen LogP contribution < -0.4 is 10.2 Å². The second kappa shape index (κ2) is 7.20. The normalized spacial score (nSPS) is 15.3. The SMILES string of the molecule is CC(C)(C)n1cc(C(=O)Nc2ccccc2N2CCCCC2)c(Br)n1. The summed E-state index contributed by atoms with van der Waals surface area (Å²) in [5.74, 6) is -0.146. The summed E-state index contributed by atoms with van der Waals surface area (Å²) >= 11 is 3.42. The van der Waals surface area contributed by atoms with Crippen molar-refractivity contribution in [3.8, 4) is 0 Å². The maximum atomic E-state index is 12.8. The predicted octanol–water partition coefficient (Wildman–Crippen LogP) is 4.64. The molecule has 0 saturated carbocycles. The van der Waals surface area contributed by atoms with Crippen LogP contribution in [-0.4, -0.2) is 28.8 Å². The smallest absolute Gasteiger partial charge is 0.260 e. The molecule has 0 atom stereocenters. The summed E-state index contributed by atoms with van der Waals surface area (Å²) in [6.07, 6.45) is 5.48. The fraction of sp³-hybridized carbons (Fsp3) is 0.474. The van der Waals surface area contributed by atoms with Crippen molar-refractivity contribution in [3.63, 3.8) is 0 Å². The summed E-state index contributed by atoms with van der Waals surface area (Å²) in [4.78, 5) is 15.2. The lowest BCUT2D eigenvalue weighted by Crippen LogP contribution is -2.30. The van der Waals surface area contributed by atoms with Gasteiger partial charge in [-0.05, 0) is 68.1 Å². The van der Waals surface area contributed by atoms with Crippen molar-refractivity contribution in [2.45, 2.75) is 45.6 Å². The Labute approximate surface area is 157 Å². The molecular weight excluding hydrogens is 380 g/mol. The third kappa shape index (κ3) is 4.06. The molecule has 1 fully saturated rings. The minimum atomic E-state index is -0.174. The Morgan fingerprint density at radius 3 is 2.48 bits per heavy atom. The van der Waals surface area contributed by atoms with Crippen LogP contribution in [0.4, 0.5) is 11.4 Å². The first kappa shape index (κ1) is 18.0. The Bertz CT molecular complexity index is 757. The highest BCUT2D eigenvalue weighted by molar-refractivity contribution is 9.10. The van der Waals surface area contributed by atoms with Crippen LogP contribution in [0.1, 0.15) is 50.4 Å². The highest BCUT2D eigenvalue weighted by atomic mass is 79.9. The van der Waals surface area contributed by atoms with E-state index in [1.807, 2.05) is 22.9 Å². The Morgan fingerprint density at radius 1 is 1.16 bits per heavy atom. The number of nitrogens with zero attached hydrogens (tertiary/aromatic N) is 3. The molecule has 1 saturated heterocycles. The third-order valence-corrected chi connectivity index (χ3v) is 5.04. The van der Waals surface area contributed by atoms with Crippen LogP contribution in [0.15, 0.2) is 35.1 Å². The molecule has 1 aromatic carbocycles. The molecular formula is C19H25BrN4O. The largest absolute Gasteiger partial charge is 0.370 e. The minimum Gasteiger partial charge on any atom is -0.370 e. The van der Waals surface area contributed by atoms with E-state index in [2.05, 4.69) is 58.1 Å². The number of anilines is 2. The quantitative estimate of drug-likeness (QED) is 0.809. The molecule has 0 radical (unpaired) electrons. The van der Waals surface area contributed by atoms with Crippen molar-refractivity contribution in [2.75, 3.05) is 23.3 Å². The molecule has 1 amide bonds. The Morgan fingerprint density at radius 2 is 1.84 bits per heavy atom. The van der Waals surface area contributed by atoms with Crippen molar-refractivity contribution in [3.05, 3.63) is 40.6 Å². The van der Waals surface area contributed by atoms with Gasteiger partial charge in [-0.1, -0.05) is 12.1 Å². The van der Waals surface area contributed by atoms with E-state index < -0.39 is 0 Å². The Kier molecular flexibility index (Phi) is 5.18. The molecule has 0 bridgehead atoms. The topological polar surface area (TPSA) is 50.2 Å². The maximum absolute atomic E-state index is 12.8. The number of para-hydroxylation sites is 2. The molecule has 0 aliphatic carbocycles. The van der Waals surface area contributed by atoms with Gasteiger partial charge < -0.3 is 10.2 Å². The van der Waals surface area contributed by atoms with Gasteiger partial charge in [-0.2, -0.15) is 5.10 Å². The van der Waals surface area contributed by atoms with Crippen LogP contribution in [0, 0.1) is 0 Å². The fourth-order valence-electron chi connectivity index (χ4n) is 3.03. The van der Waals surface area contributed by atoms with Crippen LogP contribution in [0.25, 0.3) is 0 Å². The number of carbonyl (C=O) groups is 1. The number of nitrogens with one attached hydrogen (secondary N) is 1. The number of carbonyl (C=O) groups excluding carboxylic acids is 1. The van der Waals surface area contributed by atoms with Crippen LogP contribution >= 0.6 is 15.9 Å². The number of hydrogen-bond acceptors (Lipinski definition) is 3. The lowest BCUT2D eigenvalue weighted by atomic mass is 10.1. The Balaban J connectivity index is 1.83. The summed E-state index contributed by atoms with van der Waals surface area (Å²) in [6.45, 7) is 8.25. The number of amides is 1. The number of benzene rings is 1. The van der Waals surface area contributed by atoms with Crippen molar-refractivity contribution >= 4 is 33.2 Å². The van der Waals surface area contributed by atoms with E-state index >= 15 is 0 Å². The average Bonchev–Trinajstić information content (AvgIpc) is 2.98. The zero-order valence-electron chi connectivity index (χ0n) is 15.1. The molecule has 3 rings (SSSR count). The Hall–Kier alpha value is -1.82. The number of hydrogen-bond donors (Lipinski definition) is 1. The van der Waals surface area contributed by atoms with Crippen LogP contribution in [0.2, 0.25) is 0 Å². The van der Waals surface area contributed by atoms with Crippen LogP contribution in [-0.2, 0) is 5.54 Å². The van der Waals surface area contributed by atoms with Gasteiger partial charge >= 0.3 is 0 Å². The first-order valence-corrected chi connectivity index (χ1v) is 9.56. The molecule has 25 heavy (non-hydrogen) atoms.